The normalized spacial score (nSPS) is 11.6. The molecule has 0 N–H and O–H groups in total. The summed E-state index contributed by atoms with van der Waals surface area (Å²) >= 11 is 0. The summed E-state index contributed by atoms with van der Waals surface area (Å²) in [5.74, 6) is 0. The van der Waals surface area contributed by atoms with Crippen molar-refractivity contribution < 1.29 is 0 Å². The van der Waals surface area contributed by atoms with Crippen LogP contribution in [-0.4, -0.2) is 19.6 Å². The first kappa shape index (κ1) is 15.6. The Morgan fingerprint density at radius 2 is 1.76 bits per heavy atom. The highest BCUT2D eigenvalue weighted by atomic mass is 15.4. The largest absolute Gasteiger partial charge is 0.350 e. The summed E-state index contributed by atoms with van der Waals surface area (Å²) in [5.41, 5.74) is 8.15. The standard InChI is InChI=1S/C21H22N4/c1-14(2)25-20-10-9-16(11-19(20)22-23-25)21-12-17(13-24(21)4)18-8-6-5-7-15(18)3/h5-14H,1-4H3. The molecule has 4 heteroatoms. The molecule has 0 saturated heterocycles. The second kappa shape index (κ2) is 5.88. The molecule has 0 aliphatic rings. The van der Waals surface area contributed by atoms with Gasteiger partial charge in [0.1, 0.15) is 5.52 Å². The van der Waals surface area contributed by atoms with Gasteiger partial charge in [0.15, 0.2) is 0 Å². The van der Waals surface area contributed by atoms with Crippen LogP contribution >= 0.6 is 0 Å². The summed E-state index contributed by atoms with van der Waals surface area (Å²) < 4.78 is 4.14. The Kier molecular flexibility index (Phi) is 3.68. The highest BCUT2D eigenvalue weighted by Crippen LogP contribution is 2.31. The van der Waals surface area contributed by atoms with E-state index < -0.39 is 0 Å². The molecule has 0 amide bonds. The minimum Gasteiger partial charge on any atom is -0.350 e. The fraction of sp³-hybridized carbons (Fsp3) is 0.238. The lowest BCUT2D eigenvalue weighted by atomic mass is 10.0. The summed E-state index contributed by atoms with van der Waals surface area (Å²) in [6.45, 7) is 6.39. The monoisotopic (exact) mass is 330 g/mol. The van der Waals surface area contributed by atoms with Crippen molar-refractivity contribution in [2.75, 3.05) is 0 Å². The van der Waals surface area contributed by atoms with E-state index in [4.69, 9.17) is 0 Å². The quantitative estimate of drug-likeness (QED) is 0.530. The van der Waals surface area contributed by atoms with Crippen LogP contribution in [0.3, 0.4) is 0 Å². The molecule has 4 nitrogen and oxygen atoms in total. The van der Waals surface area contributed by atoms with Gasteiger partial charge in [-0.05, 0) is 50.1 Å². The number of benzene rings is 2. The van der Waals surface area contributed by atoms with Gasteiger partial charge in [0.2, 0.25) is 0 Å². The molecule has 0 aliphatic heterocycles. The second-order valence-corrected chi connectivity index (χ2v) is 6.87. The van der Waals surface area contributed by atoms with Crippen LogP contribution in [0.25, 0.3) is 33.4 Å². The molecule has 0 aliphatic carbocycles. The van der Waals surface area contributed by atoms with E-state index in [1.165, 1.54) is 22.4 Å². The molecular formula is C21H22N4. The molecule has 25 heavy (non-hydrogen) atoms. The smallest absolute Gasteiger partial charge is 0.113 e. The van der Waals surface area contributed by atoms with Crippen LogP contribution < -0.4 is 0 Å². The van der Waals surface area contributed by atoms with E-state index in [0.717, 1.165) is 16.6 Å². The number of rotatable bonds is 3. The summed E-state index contributed by atoms with van der Waals surface area (Å²) in [4.78, 5) is 0. The minimum absolute atomic E-state index is 0.304. The maximum absolute atomic E-state index is 4.34. The van der Waals surface area contributed by atoms with Crippen molar-refractivity contribution in [3.63, 3.8) is 0 Å². The van der Waals surface area contributed by atoms with Gasteiger partial charge in [-0.2, -0.15) is 0 Å². The molecule has 0 bridgehead atoms. The fourth-order valence-corrected chi connectivity index (χ4v) is 3.38. The molecule has 0 fully saturated rings. The van der Waals surface area contributed by atoms with Crippen LogP contribution in [0, 0.1) is 6.92 Å². The molecule has 2 heterocycles. The number of hydrogen-bond acceptors (Lipinski definition) is 2. The number of aryl methyl sites for hydroxylation is 2. The molecule has 4 rings (SSSR count). The van der Waals surface area contributed by atoms with E-state index in [9.17, 15) is 0 Å². The number of fused-ring (bicyclic) bond motifs is 1. The summed E-state index contributed by atoms with van der Waals surface area (Å²) in [5, 5.41) is 8.61. The SMILES string of the molecule is Cc1ccccc1-c1cc(-c2ccc3c(c2)nnn3C(C)C)n(C)c1. The fourth-order valence-electron chi connectivity index (χ4n) is 3.38. The van der Waals surface area contributed by atoms with Crippen molar-refractivity contribution in [3.8, 4) is 22.4 Å². The second-order valence-electron chi connectivity index (χ2n) is 6.87. The van der Waals surface area contributed by atoms with E-state index in [1.54, 1.807) is 0 Å². The molecule has 0 unspecified atom stereocenters. The van der Waals surface area contributed by atoms with Crippen LogP contribution in [-0.2, 0) is 7.05 Å². The van der Waals surface area contributed by atoms with Crippen LogP contribution in [0.1, 0.15) is 25.5 Å². The van der Waals surface area contributed by atoms with Crippen molar-refractivity contribution in [1.29, 1.82) is 0 Å². The van der Waals surface area contributed by atoms with E-state index >= 15 is 0 Å². The Hall–Kier alpha value is -2.88. The first-order valence-electron chi connectivity index (χ1n) is 8.62. The number of hydrogen-bond donors (Lipinski definition) is 0. The predicted octanol–water partition coefficient (Wildman–Crippen LogP) is 4.99. The zero-order valence-corrected chi connectivity index (χ0v) is 15.1. The Labute approximate surface area is 147 Å². The highest BCUT2D eigenvalue weighted by molar-refractivity contribution is 5.82. The zero-order chi connectivity index (χ0) is 17.6. The van der Waals surface area contributed by atoms with Crippen molar-refractivity contribution in [2.45, 2.75) is 26.8 Å². The first-order valence-corrected chi connectivity index (χ1v) is 8.62. The topological polar surface area (TPSA) is 35.6 Å². The van der Waals surface area contributed by atoms with Crippen LogP contribution in [0.2, 0.25) is 0 Å². The predicted molar refractivity (Wildman–Crippen MR) is 102 cm³/mol. The van der Waals surface area contributed by atoms with Gasteiger partial charge in [0.05, 0.1) is 5.52 Å². The molecule has 0 atom stereocenters. The minimum atomic E-state index is 0.304. The van der Waals surface area contributed by atoms with Gasteiger partial charge in [-0.15, -0.1) is 5.10 Å². The van der Waals surface area contributed by atoms with Crippen molar-refractivity contribution in [3.05, 3.63) is 60.3 Å². The van der Waals surface area contributed by atoms with Crippen molar-refractivity contribution in [1.82, 2.24) is 19.6 Å². The third-order valence-electron chi connectivity index (χ3n) is 4.72. The lowest BCUT2D eigenvalue weighted by molar-refractivity contribution is 0.530. The summed E-state index contributed by atoms with van der Waals surface area (Å²) in [7, 11) is 2.09. The van der Waals surface area contributed by atoms with Crippen LogP contribution in [0.15, 0.2) is 54.7 Å². The molecule has 0 radical (unpaired) electrons. The highest BCUT2D eigenvalue weighted by Gasteiger charge is 2.12. The van der Waals surface area contributed by atoms with Crippen LogP contribution in [0.5, 0.6) is 0 Å². The van der Waals surface area contributed by atoms with Crippen LogP contribution in [0.4, 0.5) is 0 Å². The summed E-state index contributed by atoms with van der Waals surface area (Å²) in [6, 6.07) is 17.4. The van der Waals surface area contributed by atoms with Gasteiger partial charge in [-0.1, -0.05) is 35.5 Å². The van der Waals surface area contributed by atoms with E-state index in [-0.39, 0.29) is 0 Å². The maximum Gasteiger partial charge on any atom is 0.113 e. The van der Waals surface area contributed by atoms with E-state index in [0.29, 0.717) is 6.04 Å². The molecule has 0 spiro atoms. The third kappa shape index (κ3) is 2.64. The molecule has 2 aromatic heterocycles. The van der Waals surface area contributed by atoms with E-state index in [1.807, 2.05) is 4.68 Å². The number of nitrogens with zero attached hydrogens (tertiary/aromatic N) is 4. The molecule has 126 valence electrons. The average molecular weight is 330 g/mol. The Morgan fingerprint density at radius 1 is 0.960 bits per heavy atom. The first-order chi connectivity index (χ1) is 12.0. The number of aromatic nitrogens is 4. The van der Waals surface area contributed by atoms with Gasteiger partial charge < -0.3 is 4.57 Å². The zero-order valence-electron chi connectivity index (χ0n) is 15.1. The summed E-state index contributed by atoms with van der Waals surface area (Å²) in [6.07, 6.45) is 2.19. The van der Waals surface area contributed by atoms with Gasteiger partial charge in [-0.3, -0.25) is 0 Å². The Balaban J connectivity index is 1.80. The van der Waals surface area contributed by atoms with Gasteiger partial charge in [0.25, 0.3) is 0 Å². The third-order valence-corrected chi connectivity index (χ3v) is 4.72. The molecule has 4 aromatic rings. The van der Waals surface area contributed by atoms with Gasteiger partial charge in [-0.25, -0.2) is 4.68 Å². The lowest BCUT2D eigenvalue weighted by Gasteiger charge is -2.06. The van der Waals surface area contributed by atoms with Crippen molar-refractivity contribution in [2.24, 2.45) is 7.05 Å². The molecule has 2 aromatic carbocycles. The molecular weight excluding hydrogens is 308 g/mol. The Bertz CT molecular complexity index is 1050. The average Bonchev–Trinajstić information content (AvgIpc) is 3.18. The van der Waals surface area contributed by atoms with Crippen molar-refractivity contribution >= 4 is 11.0 Å². The Morgan fingerprint density at radius 3 is 2.52 bits per heavy atom. The van der Waals surface area contributed by atoms with Gasteiger partial charge >= 0.3 is 0 Å². The van der Waals surface area contributed by atoms with E-state index in [2.05, 4.69) is 97.4 Å². The van der Waals surface area contributed by atoms with Gasteiger partial charge in [0, 0.05) is 36.1 Å². The molecule has 0 saturated carbocycles. The maximum atomic E-state index is 4.34. The lowest BCUT2D eigenvalue weighted by Crippen LogP contribution is -2.02.